The van der Waals surface area contributed by atoms with Crippen molar-refractivity contribution < 1.29 is 20.4 Å². The molecule has 0 aliphatic carbocycles. The van der Waals surface area contributed by atoms with Crippen molar-refractivity contribution in [1.29, 1.82) is 0 Å². The molecule has 1 aromatic carbocycles. The Balaban J connectivity index is 3.46. The third-order valence-corrected chi connectivity index (χ3v) is 1.47. The van der Waals surface area contributed by atoms with Crippen LogP contribution < -0.4 is 0 Å². The van der Waals surface area contributed by atoms with Gasteiger partial charge < -0.3 is 20.4 Å². The Morgan fingerprint density at radius 1 is 0.909 bits per heavy atom. The molecule has 1 rings (SSSR count). The predicted molar refractivity (Wildman–Crippen MR) is 38.1 cm³/mol. The smallest absolute Gasteiger partial charge is 0.205 e. The van der Waals surface area contributed by atoms with Crippen molar-refractivity contribution in [2.45, 2.75) is 0 Å². The number of benzene rings is 1. The first-order valence-corrected chi connectivity index (χ1v) is 3.04. The quantitative estimate of drug-likeness (QED) is 0.353. The maximum Gasteiger partial charge on any atom is 0.205 e. The second kappa shape index (κ2) is 2.39. The Labute approximate surface area is 66.9 Å². The van der Waals surface area contributed by atoms with Crippen molar-refractivity contribution in [1.82, 2.24) is 0 Å². The number of phenolic OH excluding ortho intramolecular Hbond substituents is 4. The molecule has 1 aromatic rings. The lowest BCUT2D eigenvalue weighted by Crippen LogP contribution is -1.74. The van der Waals surface area contributed by atoms with Crippen LogP contribution in [-0.4, -0.2) is 20.4 Å². The third kappa shape index (κ3) is 1.12. The van der Waals surface area contributed by atoms with E-state index in [1.165, 1.54) is 0 Å². The number of hydrogen-bond donors (Lipinski definition) is 4. The standard InChI is InChI=1S/C6H5ClO4/c7-2-1-3(8)5(10)6(11)4(2)9/h1,8-11H. The average Bonchev–Trinajstić information content (AvgIpc) is 1.97. The molecule has 11 heavy (non-hydrogen) atoms. The lowest BCUT2D eigenvalue weighted by molar-refractivity contribution is 0.346. The van der Waals surface area contributed by atoms with Crippen LogP contribution in [0.4, 0.5) is 0 Å². The summed E-state index contributed by atoms with van der Waals surface area (Å²) >= 11 is 5.31. The number of rotatable bonds is 0. The summed E-state index contributed by atoms with van der Waals surface area (Å²) in [4.78, 5) is 0. The fraction of sp³-hybridized carbons (Fsp3) is 0. The third-order valence-electron chi connectivity index (χ3n) is 1.18. The van der Waals surface area contributed by atoms with Crippen molar-refractivity contribution in [2.75, 3.05) is 0 Å². The lowest BCUT2D eigenvalue weighted by Gasteiger charge is -2.03. The molecule has 0 aromatic heterocycles. The number of phenols is 4. The molecule has 0 aliphatic rings. The molecule has 0 saturated heterocycles. The van der Waals surface area contributed by atoms with Crippen LogP contribution in [0.3, 0.4) is 0 Å². The lowest BCUT2D eigenvalue weighted by atomic mass is 10.3. The fourth-order valence-electron chi connectivity index (χ4n) is 0.603. The molecular weight excluding hydrogens is 172 g/mol. The molecule has 0 radical (unpaired) electrons. The Bertz CT molecular complexity index is 271. The van der Waals surface area contributed by atoms with E-state index in [2.05, 4.69) is 0 Å². The first-order valence-electron chi connectivity index (χ1n) is 2.66. The molecule has 0 amide bonds. The Morgan fingerprint density at radius 2 is 1.45 bits per heavy atom. The fourth-order valence-corrected chi connectivity index (χ4v) is 0.796. The SMILES string of the molecule is Oc1cc(Cl)c(O)c(O)c1O. The van der Waals surface area contributed by atoms with Crippen LogP contribution in [0.5, 0.6) is 23.0 Å². The van der Waals surface area contributed by atoms with Crippen LogP contribution in [0.25, 0.3) is 0 Å². The van der Waals surface area contributed by atoms with Gasteiger partial charge in [-0.3, -0.25) is 0 Å². The van der Waals surface area contributed by atoms with Crippen LogP contribution in [0, 0.1) is 0 Å². The van der Waals surface area contributed by atoms with Crippen molar-refractivity contribution in [3.05, 3.63) is 11.1 Å². The minimum atomic E-state index is -0.824. The molecule has 4 nitrogen and oxygen atoms in total. The first-order chi connectivity index (χ1) is 5.04. The van der Waals surface area contributed by atoms with E-state index in [-0.39, 0.29) is 5.02 Å². The minimum Gasteiger partial charge on any atom is -0.504 e. The van der Waals surface area contributed by atoms with Crippen LogP contribution in [0.1, 0.15) is 0 Å². The van der Waals surface area contributed by atoms with Crippen LogP contribution in [-0.2, 0) is 0 Å². The molecule has 5 heteroatoms. The van der Waals surface area contributed by atoms with Gasteiger partial charge >= 0.3 is 0 Å². The van der Waals surface area contributed by atoms with E-state index in [9.17, 15) is 0 Å². The molecule has 4 N–H and O–H groups in total. The van der Waals surface area contributed by atoms with Crippen LogP contribution in [0.15, 0.2) is 6.07 Å². The zero-order valence-electron chi connectivity index (χ0n) is 5.24. The highest BCUT2D eigenvalue weighted by molar-refractivity contribution is 6.32. The van der Waals surface area contributed by atoms with Crippen molar-refractivity contribution >= 4 is 11.6 Å². The minimum absolute atomic E-state index is 0.224. The topological polar surface area (TPSA) is 80.9 Å². The monoisotopic (exact) mass is 176 g/mol. The Morgan fingerprint density at radius 3 is 2.00 bits per heavy atom. The van der Waals surface area contributed by atoms with Gasteiger partial charge in [0.25, 0.3) is 0 Å². The molecule has 0 aliphatic heterocycles. The molecule has 0 spiro atoms. The van der Waals surface area contributed by atoms with Gasteiger partial charge in [0, 0.05) is 6.07 Å². The van der Waals surface area contributed by atoms with Gasteiger partial charge in [-0.05, 0) is 0 Å². The van der Waals surface area contributed by atoms with Gasteiger partial charge in [-0.1, -0.05) is 11.6 Å². The van der Waals surface area contributed by atoms with Crippen LogP contribution in [0.2, 0.25) is 5.02 Å². The number of halogens is 1. The molecular formula is C6H5ClO4. The molecule has 0 fully saturated rings. The van der Waals surface area contributed by atoms with Crippen LogP contribution >= 0.6 is 11.6 Å². The summed E-state index contributed by atoms with van der Waals surface area (Å²) in [6.07, 6.45) is 0. The summed E-state index contributed by atoms with van der Waals surface area (Å²) < 4.78 is 0. The number of aromatic hydroxyl groups is 4. The summed E-state index contributed by atoms with van der Waals surface area (Å²) in [6, 6.07) is 0.923. The molecule has 0 unspecified atom stereocenters. The van der Waals surface area contributed by atoms with E-state index >= 15 is 0 Å². The van der Waals surface area contributed by atoms with Crippen molar-refractivity contribution in [2.24, 2.45) is 0 Å². The normalized spacial score (nSPS) is 9.91. The van der Waals surface area contributed by atoms with Gasteiger partial charge in [0.05, 0.1) is 5.02 Å². The zero-order chi connectivity index (χ0) is 8.59. The Kier molecular flexibility index (Phi) is 1.70. The summed E-state index contributed by atoms with van der Waals surface area (Å²) in [5.74, 6) is -2.84. The average molecular weight is 177 g/mol. The maximum absolute atomic E-state index is 8.86. The highest BCUT2D eigenvalue weighted by Gasteiger charge is 2.14. The molecule has 60 valence electrons. The van der Waals surface area contributed by atoms with Crippen molar-refractivity contribution in [3.8, 4) is 23.0 Å². The second-order valence-corrected chi connectivity index (χ2v) is 2.33. The van der Waals surface area contributed by atoms with E-state index < -0.39 is 23.0 Å². The van der Waals surface area contributed by atoms with Gasteiger partial charge in [0.15, 0.2) is 11.5 Å². The molecule has 0 heterocycles. The highest BCUT2D eigenvalue weighted by Crippen LogP contribution is 2.45. The Hall–Kier alpha value is -1.29. The van der Waals surface area contributed by atoms with Gasteiger partial charge in [0.1, 0.15) is 0 Å². The van der Waals surface area contributed by atoms with E-state index in [0.717, 1.165) is 6.07 Å². The van der Waals surface area contributed by atoms with E-state index in [1.807, 2.05) is 0 Å². The molecule has 0 bridgehead atoms. The zero-order valence-corrected chi connectivity index (χ0v) is 6.00. The molecule has 0 atom stereocenters. The van der Waals surface area contributed by atoms with E-state index in [0.29, 0.717) is 0 Å². The number of hydrogen-bond acceptors (Lipinski definition) is 4. The summed E-state index contributed by atoms with van der Waals surface area (Å²) in [6.45, 7) is 0. The van der Waals surface area contributed by atoms with Gasteiger partial charge in [0.2, 0.25) is 11.5 Å². The summed E-state index contributed by atoms with van der Waals surface area (Å²) in [5, 5.41) is 35.1. The second-order valence-electron chi connectivity index (χ2n) is 1.92. The highest BCUT2D eigenvalue weighted by atomic mass is 35.5. The van der Waals surface area contributed by atoms with Gasteiger partial charge in [-0.25, -0.2) is 0 Å². The van der Waals surface area contributed by atoms with Crippen molar-refractivity contribution in [3.63, 3.8) is 0 Å². The first kappa shape index (κ1) is 7.81. The summed E-state index contributed by atoms with van der Waals surface area (Å²) in [5.41, 5.74) is 0. The summed E-state index contributed by atoms with van der Waals surface area (Å²) in [7, 11) is 0. The van der Waals surface area contributed by atoms with E-state index in [4.69, 9.17) is 32.0 Å². The predicted octanol–water partition coefficient (Wildman–Crippen LogP) is 1.16. The van der Waals surface area contributed by atoms with E-state index in [1.54, 1.807) is 0 Å². The van der Waals surface area contributed by atoms with Gasteiger partial charge in [-0.15, -0.1) is 0 Å². The largest absolute Gasteiger partial charge is 0.504 e. The molecule has 0 saturated carbocycles. The van der Waals surface area contributed by atoms with Gasteiger partial charge in [-0.2, -0.15) is 0 Å². The maximum atomic E-state index is 8.86.